The Morgan fingerprint density at radius 3 is 3.06 bits per heavy atom. The minimum atomic E-state index is -0.0203. The molecule has 5 heteroatoms. The molecule has 1 aromatic rings. The predicted octanol–water partition coefficient (Wildman–Crippen LogP) is 0.324. The van der Waals surface area contributed by atoms with Gasteiger partial charge in [-0.25, -0.2) is 0 Å². The van der Waals surface area contributed by atoms with Crippen molar-refractivity contribution < 1.29 is 9.53 Å². The number of hydrogen-bond donors (Lipinski definition) is 2. The lowest BCUT2D eigenvalue weighted by atomic mass is 10.3. The Labute approximate surface area is 102 Å². The second-order valence-corrected chi connectivity index (χ2v) is 3.62. The molecule has 5 nitrogen and oxygen atoms in total. The molecule has 0 aromatic carbocycles. The van der Waals surface area contributed by atoms with Gasteiger partial charge in [0.05, 0.1) is 18.8 Å². The van der Waals surface area contributed by atoms with Crippen molar-refractivity contribution >= 4 is 5.91 Å². The zero-order chi connectivity index (χ0) is 12.3. The molecular weight excluding hydrogens is 218 g/mol. The third-order valence-corrected chi connectivity index (χ3v) is 2.18. The van der Waals surface area contributed by atoms with Crippen molar-refractivity contribution in [1.82, 2.24) is 15.6 Å². The summed E-state index contributed by atoms with van der Waals surface area (Å²) >= 11 is 0. The van der Waals surface area contributed by atoms with E-state index in [1.54, 1.807) is 13.3 Å². The Balaban J connectivity index is 2.05. The third kappa shape index (κ3) is 6.65. The van der Waals surface area contributed by atoms with Crippen LogP contribution in [0.2, 0.25) is 0 Å². The summed E-state index contributed by atoms with van der Waals surface area (Å²) in [4.78, 5) is 15.5. The largest absolute Gasteiger partial charge is 0.385 e. The van der Waals surface area contributed by atoms with Crippen LogP contribution in [-0.4, -0.2) is 37.7 Å². The van der Waals surface area contributed by atoms with Crippen molar-refractivity contribution in [1.29, 1.82) is 0 Å². The molecule has 0 radical (unpaired) electrons. The molecule has 17 heavy (non-hydrogen) atoms. The van der Waals surface area contributed by atoms with Crippen LogP contribution >= 0.6 is 0 Å². The molecule has 0 aliphatic carbocycles. The standard InChI is InChI=1S/C12H19N3O2/c1-17-8-4-6-13-10-12(16)15-9-11-5-2-3-7-14-11/h2-3,5,7,13H,4,6,8-10H2,1H3,(H,15,16). The number of ether oxygens (including phenoxy) is 1. The van der Waals surface area contributed by atoms with Gasteiger partial charge in [-0.1, -0.05) is 6.07 Å². The van der Waals surface area contributed by atoms with Crippen LogP contribution in [0.25, 0.3) is 0 Å². The van der Waals surface area contributed by atoms with Crippen LogP contribution in [-0.2, 0) is 16.1 Å². The van der Waals surface area contributed by atoms with E-state index in [1.807, 2.05) is 18.2 Å². The topological polar surface area (TPSA) is 63.2 Å². The first-order valence-corrected chi connectivity index (χ1v) is 5.69. The van der Waals surface area contributed by atoms with Gasteiger partial charge >= 0.3 is 0 Å². The number of methoxy groups -OCH3 is 1. The van der Waals surface area contributed by atoms with Gasteiger partial charge in [0.15, 0.2) is 0 Å². The summed E-state index contributed by atoms with van der Waals surface area (Å²) in [6.07, 6.45) is 2.62. The highest BCUT2D eigenvalue weighted by Gasteiger charge is 2.00. The normalized spacial score (nSPS) is 10.2. The molecular formula is C12H19N3O2. The number of amides is 1. The lowest BCUT2D eigenvalue weighted by Gasteiger charge is -2.06. The van der Waals surface area contributed by atoms with Gasteiger partial charge in [-0.15, -0.1) is 0 Å². The van der Waals surface area contributed by atoms with Gasteiger partial charge in [0, 0.05) is 19.9 Å². The number of nitrogens with one attached hydrogen (secondary N) is 2. The molecule has 1 amide bonds. The molecule has 0 atom stereocenters. The number of nitrogens with zero attached hydrogens (tertiary/aromatic N) is 1. The number of aromatic nitrogens is 1. The molecule has 0 aliphatic rings. The summed E-state index contributed by atoms with van der Waals surface area (Å²) in [7, 11) is 1.67. The zero-order valence-corrected chi connectivity index (χ0v) is 10.1. The van der Waals surface area contributed by atoms with Crippen molar-refractivity contribution in [2.45, 2.75) is 13.0 Å². The molecule has 0 saturated carbocycles. The SMILES string of the molecule is COCCCNCC(=O)NCc1ccccn1. The van der Waals surface area contributed by atoms with E-state index in [0.29, 0.717) is 19.7 Å². The maximum absolute atomic E-state index is 11.4. The maximum atomic E-state index is 11.4. The number of rotatable bonds is 8. The van der Waals surface area contributed by atoms with E-state index in [2.05, 4.69) is 15.6 Å². The fourth-order valence-electron chi connectivity index (χ4n) is 1.30. The molecule has 1 rings (SSSR count). The molecule has 0 aliphatic heterocycles. The molecule has 1 aromatic heterocycles. The summed E-state index contributed by atoms with van der Waals surface area (Å²) < 4.78 is 4.91. The van der Waals surface area contributed by atoms with E-state index in [0.717, 1.165) is 18.7 Å². The second kappa shape index (κ2) is 8.66. The van der Waals surface area contributed by atoms with E-state index in [4.69, 9.17) is 4.74 Å². The van der Waals surface area contributed by atoms with Gasteiger partial charge in [0.25, 0.3) is 0 Å². The van der Waals surface area contributed by atoms with Crippen molar-refractivity contribution in [3.05, 3.63) is 30.1 Å². The van der Waals surface area contributed by atoms with Crippen LogP contribution in [0, 0.1) is 0 Å². The predicted molar refractivity (Wildman–Crippen MR) is 65.4 cm³/mol. The zero-order valence-electron chi connectivity index (χ0n) is 10.1. The maximum Gasteiger partial charge on any atom is 0.234 e. The van der Waals surface area contributed by atoms with Gasteiger partial charge in [-0.3, -0.25) is 9.78 Å². The molecule has 0 fully saturated rings. The monoisotopic (exact) mass is 237 g/mol. The molecule has 2 N–H and O–H groups in total. The Hall–Kier alpha value is -1.46. The minimum absolute atomic E-state index is 0.0203. The van der Waals surface area contributed by atoms with Gasteiger partial charge in [-0.05, 0) is 25.1 Å². The smallest absolute Gasteiger partial charge is 0.234 e. The van der Waals surface area contributed by atoms with Crippen LogP contribution < -0.4 is 10.6 Å². The van der Waals surface area contributed by atoms with E-state index < -0.39 is 0 Å². The van der Waals surface area contributed by atoms with Gasteiger partial charge in [0.2, 0.25) is 5.91 Å². The van der Waals surface area contributed by atoms with Crippen molar-refractivity contribution in [3.8, 4) is 0 Å². The highest BCUT2D eigenvalue weighted by atomic mass is 16.5. The van der Waals surface area contributed by atoms with Crippen molar-refractivity contribution in [2.24, 2.45) is 0 Å². The highest BCUT2D eigenvalue weighted by Crippen LogP contribution is 1.91. The molecule has 0 spiro atoms. The summed E-state index contributed by atoms with van der Waals surface area (Å²) in [5.74, 6) is -0.0203. The first-order valence-electron chi connectivity index (χ1n) is 5.69. The van der Waals surface area contributed by atoms with E-state index in [9.17, 15) is 4.79 Å². The number of carbonyl (C=O) groups is 1. The lowest BCUT2D eigenvalue weighted by Crippen LogP contribution is -2.34. The fourth-order valence-corrected chi connectivity index (χ4v) is 1.30. The van der Waals surface area contributed by atoms with Gasteiger partial charge in [-0.2, -0.15) is 0 Å². The van der Waals surface area contributed by atoms with Gasteiger partial charge < -0.3 is 15.4 Å². The molecule has 94 valence electrons. The molecule has 0 unspecified atom stereocenters. The van der Waals surface area contributed by atoms with E-state index >= 15 is 0 Å². The summed E-state index contributed by atoms with van der Waals surface area (Å²) in [6, 6.07) is 5.63. The van der Waals surface area contributed by atoms with Gasteiger partial charge in [0.1, 0.15) is 0 Å². The molecule has 0 saturated heterocycles. The summed E-state index contributed by atoms with van der Waals surface area (Å²) in [5.41, 5.74) is 0.861. The Morgan fingerprint density at radius 1 is 1.47 bits per heavy atom. The number of pyridine rings is 1. The van der Waals surface area contributed by atoms with Crippen LogP contribution in [0.5, 0.6) is 0 Å². The van der Waals surface area contributed by atoms with E-state index in [-0.39, 0.29) is 5.91 Å². The molecule has 1 heterocycles. The number of carbonyl (C=O) groups excluding carboxylic acids is 1. The van der Waals surface area contributed by atoms with Crippen LogP contribution in [0.4, 0.5) is 0 Å². The Bertz CT molecular complexity index is 317. The van der Waals surface area contributed by atoms with Crippen molar-refractivity contribution in [2.75, 3.05) is 26.8 Å². The quantitative estimate of drug-likeness (QED) is 0.639. The fraction of sp³-hybridized carbons (Fsp3) is 0.500. The average Bonchev–Trinajstić information content (AvgIpc) is 2.37. The van der Waals surface area contributed by atoms with Crippen LogP contribution in [0.3, 0.4) is 0 Å². The summed E-state index contributed by atoms with van der Waals surface area (Å²) in [6.45, 7) is 2.30. The minimum Gasteiger partial charge on any atom is -0.385 e. The van der Waals surface area contributed by atoms with Crippen molar-refractivity contribution in [3.63, 3.8) is 0 Å². The summed E-state index contributed by atoms with van der Waals surface area (Å²) in [5, 5.41) is 5.84. The van der Waals surface area contributed by atoms with Crippen LogP contribution in [0.15, 0.2) is 24.4 Å². The van der Waals surface area contributed by atoms with Crippen LogP contribution in [0.1, 0.15) is 12.1 Å². The van der Waals surface area contributed by atoms with E-state index in [1.165, 1.54) is 0 Å². The molecule has 0 bridgehead atoms. The lowest BCUT2D eigenvalue weighted by molar-refractivity contribution is -0.120. The number of hydrogen-bond acceptors (Lipinski definition) is 4. The highest BCUT2D eigenvalue weighted by molar-refractivity contribution is 5.77. The second-order valence-electron chi connectivity index (χ2n) is 3.62. The first-order chi connectivity index (χ1) is 8.33. The Kier molecular flexibility index (Phi) is 6.93. The Morgan fingerprint density at radius 2 is 2.35 bits per heavy atom. The third-order valence-electron chi connectivity index (χ3n) is 2.18. The average molecular weight is 237 g/mol. The first kappa shape index (κ1) is 13.6.